The van der Waals surface area contributed by atoms with Crippen LogP contribution in [0.25, 0.3) is 0 Å². The van der Waals surface area contributed by atoms with Crippen LogP contribution < -0.4 is 5.32 Å². The monoisotopic (exact) mass is 247 g/mol. The minimum atomic E-state index is -0.383. The number of aryl methyl sites for hydroxylation is 1. The van der Waals surface area contributed by atoms with Gasteiger partial charge in [0.1, 0.15) is 5.82 Å². The predicted molar refractivity (Wildman–Crippen MR) is 66.1 cm³/mol. The van der Waals surface area contributed by atoms with Gasteiger partial charge in [-0.2, -0.15) is 0 Å². The van der Waals surface area contributed by atoms with Crippen LogP contribution in [0.4, 0.5) is 11.5 Å². The number of nitro groups is 1. The second kappa shape index (κ2) is 5.26. The third kappa shape index (κ3) is 2.45. The van der Waals surface area contributed by atoms with E-state index in [2.05, 4.69) is 15.6 Å². The standard InChI is InChI=1S/C11H13N5O2/c1-2-15-11(8-13-14-15)12-7-9-5-3-4-6-10(9)16(17)18/h3-6,8,12H,2,7H2,1H3. The van der Waals surface area contributed by atoms with Crippen molar-refractivity contribution in [3.05, 3.63) is 46.1 Å². The SMILES string of the molecule is CCn1nncc1NCc1ccccc1[N+](=O)[O-]. The normalized spacial score (nSPS) is 10.3. The lowest BCUT2D eigenvalue weighted by Gasteiger charge is -2.07. The van der Waals surface area contributed by atoms with E-state index in [0.29, 0.717) is 18.7 Å². The van der Waals surface area contributed by atoms with Crippen molar-refractivity contribution in [3.63, 3.8) is 0 Å². The maximum Gasteiger partial charge on any atom is 0.274 e. The van der Waals surface area contributed by atoms with Gasteiger partial charge in [-0.15, -0.1) is 5.10 Å². The third-order valence-electron chi connectivity index (χ3n) is 2.57. The highest BCUT2D eigenvalue weighted by Crippen LogP contribution is 2.18. The average Bonchev–Trinajstić information content (AvgIpc) is 2.84. The molecule has 0 spiro atoms. The van der Waals surface area contributed by atoms with Gasteiger partial charge in [0, 0.05) is 24.7 Å². The molecule has 2 aromatic rings. The number of nitrogens with one attached hydrogen (secondary N) is 1. The Kier molecular flexibility index (Phi) is 3.52. The second-order valence-corrected chi connectivity index (χ2v) is 3.67. The van der Waals surface area contributed by atoms with Crippen molar-refractivity contribution in [2.75, 3.05) is 5.32 Å². The van der Waals surface area contributed by atoms with E-state index in [1.165, 1.54) is 6.07 Å². The summed E-state index contributed by atoms with van der Waals surface area (Å²) in [5.74, 6) is 0.746. The van der Waals surface area contributed by atoms with Crippen LogP contribution in [0.15, 0.2) is 30.5 Å². The fourth-order valence-corrected chi connectivity index (χ4v) is 1.65. The molecule has 0 aliphatic rings. The number of para-hydroxylation sites is 1. The molecule has 0 unspecified atom stereocenters. The van der Waals surface area contributed by atoms with E-state index in [9.17, 15) is 10.1 Å². The first kappa shape index (κ1) is 12.0. The molecule has 7 heteroatoms. The molecule has 0 saturated heterocycles. The third-order valence-corrected chi connectivity index (χ3v) is 2.57. The topological polar surface area (TPSA) is 85.9 Å². The number of nitrogens with zero attached hydrogens (tertiary/aromatic N) is 4. The Bertz CT molecular complexity index is 552. The van der Waals surface area contributed by atoms with Crippen LogP contribution in [-0.2, 0) is 13.1 Å². The number of benzene rings is 1. The summed E-state index contributed by atoms with van der Waals surface area (Å²) in [6.45, 7) is 3.01. The molecule has 0 bridgehead atoms. The van der Waals surface area contributed by atoms with Crippen LogP contribution in [0.1, 0.15) is 12.5 Å². The predicted octanol–water partition coefficient (Wildman–Crippen LogP) is 1.82. The average molecular weight is 247 g/mol. The molecule has 0 radical (unpaired) electrons. The van der Waals surface area contributed by atoms with Gasteiger partial charge in [-0.1, -0.05) is 23.4 Å². The van der Waals surface area contributed by atoms with Gasteiger partial charge >= 0.3 is 0 Å². The molecule has 2 rings (SSSR count). The molecule has 1 aromatic carbocycles. The summed E-state index contributed by atoms with van der Waals surface area (Å²) in [5.41, 5.74) is 0.742. The zero-order valence-electron chi connectivity index (χ0n) is 9.91. The molecule has 94 valence electrons. The van der Waals surface area contributed by atoms with E-state index in [1.807, 2.05) is 6.92 Å². The summed E-state index contributed by atoms with van der Waals surface area (Å²) < 4.78 is 1.69. The molecule has 0 atom stereocenters. The van der Waals surface area contributed by atoms with E-state index >= 15 is 0 Å². The summed E-state index contributed by atoms with van der Waals surface area (Å²) >= 11 is 0. The summed E-state index contributed by atoms with van der Waals surface area (Å²) in [6, 6.07) is 6.65. The van der Waals surface area contributed by atoms with Crippen LogP contribution in [0.5, 0.6) is 0 Å². The maximum absolute atomic E-state index is 10.9. The van der Waals surface area contributed by atoms with Crippen molar-refractivity contribution in [2.45, 2.75) is 20.0 Å². The molecular weight excluding hydrogens is 234 g/mol. The van der Waals surface area contributed by atoms with Gasteiger partial charge in [-0.3, -0.25) is 10.1 Å². The maximum atomic E-state index is 10.9. The van der Waals surface area contributed by atoms with Crippen molar-refractivity contribution >= 4 is 11.5 Å². The summed E-state index contributed by atoms with van der Waals surface area (Å²) in [6.07, 6.45) is 1.60. The Morgan fingerprint density at radius 1 is 1.44 bits per heavy atom. The first-order valence-electron chi connectivity index (χ1n) is 5.57. The fraction of sp³-hybridized carbons (Fsp3) is 0.273. The minimum Gasteiger partial charge on any atom is -0.365 e. The van der Waals surface area contributed by atoms with Crippen molar-refractivity contribution in [2.24, 2.45) is 0 Å². The van der Waals surface area contributed by atoms with Gasteiger partial charge in [0.25, 0.3) is 5.69 Å². The first-order chi connectivity index (χ1) is 8.72. The fourth-order valence-electron chi connectivity index (χ4n) is 1.65. The smallest absolute Gasteiger partial charge is 0.274 e. The van der Waals surface area contributed by atoms with E-state index < -0.39 is 0 Å². The Morgan fingerprint density at radius 3 is 2.94 bits per heavy atom. The molecule has 7 nitrogen and oxygen atoms in total. The molecule has 0 aliphatic carbocycles. The first-order valence-corrected chi connectivity index (χ1v) is 5.57. The van der Waals surface area contributed by atoms with Crippen molar-refractivity contribution in [1.29, 1.82) is 0 Å². The van der Waals surface area contributed by atoms with Crippen molar-refractivity contribution < 1.29 is 4.92 Å². The van der Waals surface area contributed by atoms with E-state index in [0.717, 1.165) is 5.82 Å². The Balaban J connectivity index is 2.13. The van der Waals surface area contributed by atoms with Crippen LogP contribution in [0.3, 0.4) is 0 Å². The van der Waals surface area contributed by atoms with Crippen LogP contribution in [0.2, 0.25) is 0 Å². The zero-order valence-corrected chi connectivity index (χ0v) is 9.91. The second-order valence-electron chi connectivity index (χ2n) is 3.67. The largest absolute Gasteiger partial charge is 0.365 e. The van der Waals surface area contributed by atoms with Gasteiger partial charge in [0.15, 0.2) is 0 Å². The van der Waals surface area contributed by atoms with Gasteiger partial charge < -0.3 is 5.32 Å². The van der Waals surface area contributed by atoms with Gasteiger partial charge in [-0.25, -0.2) is 4.68 Å². The van der Waals surface area contributed by atoms with Crippen LogP contribution >= 0.6 is 0 Å². The van der Waals surface area contributed by atoms with E-state index in [4.69, 9.17) is 0 Å². The molecule has 18 heavy (non-hydrogen) atoms. The number of hydrogen-bond acceptors (Lipinski definition) is 5. The molecule has 0 aliphatic heterocycles. The molecule has 0 fully saturated rings. The van der Waals surface area contributed by atoms with E-state index in [1.54, 1.807) is 29.1 Å². The summed E-state index contributed by atoms with van der Waals surface area (Å²) in [4.78, 5) is 10.5. The lowest BCUT2D eigenvalue weighted by atomic mass is 10.2. The lowest BCUT2D eigenvalue weighted by molar-refractivity contribution is -0.385. The molecule has 0 saturated carbocycles. The highest BCUT2D eigenvalue weighted by atomic mass is 16.6. The highest BCUT2D eigenvalue weighted by Gasteiger charge is 2.12. The number of nitro benzene ring substituents is 1. The summed E-state index contributed by atoms with van der Waals surface area (Å²) in [5, 5.41) is 21.6. The minimum absolute atomic E-state index is 0.112. The molecule has 1 heterocycles. The molecule has 1 aromatic heterocycles. The van der Waals surface area contributed by atoms with Crippen molar-refractivity contribution in [3.8, 4) is 0 Å². The molecule has 0 amide bonds. The number of anilines is 1. The Morgan fingerprint density at radius 2 is 2.22 bits per heavy atom. The zero-order chi connectivity index (χ0) is 13.0. The lowest BCUT2D eigenvalue weighted by Crippen LogP contribution is -2.08. The van der Waals surface area contributed by atoms with Crippen molar-refractivity contribution in [1.82, 2.24) is 15.0 Å². The van der Waals surface area contributed by atoms with Crippen LogP contribution in [0, 0.1) is 10.1 Å². The number of hydrogen-bond donors (Lipinski definition) is 1. The van der Waals surface area contributed by atoms with Crippen LogP contribution in [-0.4, -0.2) is 19.9 Å². The Labute approximate surface area is 104 Å². The van der Waals surface area contributed by atoms with E-state index in [-0.39, 0.29) is 10.6 Å². The molecular formula is C11H13N5O2. The number of rotatable bonds is 5. The molecule has 1 N–H and O–H groups in total. The highest BCUT2D eigenvalue weighted by molar-refractivity contribution is 5.43. The number of aromatic nitrogens is 3. The van der Waals surface area contributed by atoms with Gasteiger partial charge in [-0.05, 0) is 6.92 Å². The quantitative estimate of drug-likeness (QED) is 0.643. The van der Waals surface area contributed by atoms with Gasteiger partial charge in [0.05, 0.1) is 11.1 Å². The summed E-state index contributed by atoms with van der Waals surface area (Å²) in [7, 11) is 0. The van der Waals surface area contributed by atoms with Gasteiger partial charge in [0.2, 0.25) is 0 Å². The Hall–Kier alpha value is -2.44.